The van der Waals surface area contributed by atoms with Crippen molar-refractivity contribution in [3.8, 4) is 0 Å². The highest BCUT2D eigenvalue weighted by atomic mass is 15.2. The predicted octanol–water partition coefficient (Wildman–Crippen LogP) is 3.07. The Bertz CT molecular complexity index is 189. The molecule has 1 aliphatic heterocycles. The molecule has 0 aromatic heterocycles. The molecule has 1 aliphatic rings. The zero-order chi connectivity index (χ0) is 10.6. The van der Waals surface area contributed by atoms with Crippen molar-refractivity contribution in [1.82, 2.24) is 4.90 Å². The number of likely N-dealkylation sites (tertiary alicyclic amines) is 1. The molecule has 0 radical (unpaired) electrons. The Hall–Kier alpha value is -0.370. The minimum atomic E-state index is 0.408. The summed E-state index contributed by atoms with van der Waals surface area (Å²) in [6, 6.07) is 0.656. The Kier molecular flexibility index (Phi) is 4.11. The van der Waals surface area contributed by atoms with E-state index >= 15 is 0 Å². The Morgan fingerprint density at radius 1 is 1.50 bits per heavy atom. The first kappa shape index (κ1) is 11.7. The van der Waals surface area contributed by atoms with Crippen LogP contribution in [0.15, 0.2) is 0 Å². The third-order valence-corrected chi connectivity index (χ3v) is 3.69. The van der Waals surface area contributed by atoms with Crippen LogP contribution in [0.4, 0.5) is 0 Å². The first-order valence-electron chi connectivity index (χ1n) is 5.92. The summed E-state index contributed by atoms with van der Waals surface area (Å²) < 4.78 is 0. The van der Waals surface area contributed by atoms with Gasteiger partial charge >= 0.3 is 0 Å². The van der Waals surface area contributed by atoms with E-state index in [0.29, 0.717) is 11.6 Å². The van der Waals surface area contributed by atoms with Gasteiger partial charge in [0.15, 0.2) is 0 Å². The van der Waals surface area contributed by atoms with Gasteiger partial charge in [0.2, 0.25) is 0 Å². The van der Waals surface area contributed by atoms with E-state index in [1.54, 1.807) is 6.21 Å². The van der Waals surface area contributed by atoms with E-state index in [0.717, 1.165) is 6.42 Å². The van der Waals surface area contributed by atoms with Crippen LogP contribution in [-0.4, -0.2) is 29.2 Å². The molecular formula is C12H24N2. The van der Waals surface area contributed by atoms with Gasteiger partial charge in [0.25, 0.3) is 0 Å². The Labute approximate surface area is 88.2 Å². The molecule has 0 aliphatic carbocycles. The Morgan fingerprint density at radius 2 is 2.21 bits per heavy atom. The van der Waals surface area contributed by atoms with Gasteiger partial charge in [-0.1, -0.05) is 6.92 Å². The third kappa shape index (κ3) is 2.17. The minimum Gasteiger partial charge on any atom is -0.313 e. The fourth-order valence-electron chi connectivity index (χ4n) is 2.93. The van der Waals surface area contributed by atoms with Crippen LogP contribution in [0, 0.1) is 5.41 Å². The molecule has 1 unspecified atom stereocenters. The molecule has 1 atom stereocenters. The maximum Gasteiger partial charge on any atom is 0.0213 e. The van der Waals surface area contributed by atoms with Crippen LogP contribution in [0.3, 0.4) is 0 Å². The molecule has 0 aromatic carbocycles. The number of hydrogen-bond donors (Lipinski definition) is 1. The molecule has 0 aromatic rings. The smallest absolute Gasteiger partial charge is 0.0213 e. The van der Waals surface area contributed by atoms with Crippen molar-refractivity contribution in [3.63, 3.8) is 0 Å². The Balaban J connectivity index is 2.69. The minimum absolute atomic E-state index is 0.408. The lowest BCUT2D eigenvalue weighted by atomic mass is 9.87. The van der Waals surface area contributed by atoms with E-state index in [1.807, 2.05) is 0 Å². The summed E-state index contributed by atoms with van der Waals surface area (Å²) in [5.74, 6) is 0. The number of hydrogen-bond acceptors (Lipinski definition) is 2. The van der Waals surface area contributed by atoms with Crippen molar-refractivity contribution < 1.29 is 0 Å². The summed E-state index contributed by atoms with van der Waals surface area (Å²) >= 11 is 0. The lowest BCUT2D eigenvalue weighted by Gasteiger charge is -2.40. The van der Waals surface area contributed by atoms with Gasteiger partial charge in [-0.05, 0) is 58.7 Å². The Morgan fingerprint density at radius 3 is 2.71 bits per heavy atom. The first-order valence-corrected chi connectivity index (χ1v) is 5.92. The normalized spacial score (nSPS) is 28.6. The van der Waals surface area contributed by atoms with Crippen LogP contribution in [0.5, 0.6) is 0 Å². The van der Waals surface area contributed by atoms with E-state index in [2.05, 4.69) is 25.7 Å². The highest BCUT2D eigenvalue weighted by Crippen LogP contribution is 2.37. The van der Waals surface area contributed by atoms with Gasteiger partial charge in [0.1, 0.15) is 0 Å². The quantitative estimate of drug-likeness (QED) is 0.672. The molecule has 2 heteroatoms. The lowest BCUT2D eigenvalue weighted by Crippen LogP contribution is -2.47. The summed E-state index contributed by atoms with van der Waals surface area (Å²) in [4.78, 5) is 2.65. The molecule has 14 heavy (non-hydrogen) atoms. The fourth-order valence-corrected chi connectivity index (χ4v) is 2.93. The van der Waals surface area contributed by atoms with Crippen LogP contribution in [-0.2, 0) is 0 Å². The average Bonchev–Trinajstić information content (AvgIpc) is 2.59. The third-order valence-electron chi connectivity index (χ3n) is 3.69. The zero-order valence-corrected chi connectivity index (χ0v) is 9.84. The van der Waals surface area contributed by atoms with Crippen LogP contribution in [0.2, 0.25) is 0 Å². The fraction of sp³-hybridized carbons (Fsp3) is 0.917. The second-order valence-electron chi connectivity index (χ2n) is 4.71. The molecule has 0 saturated carbocycles. The molecule has 1 N–H and O–H groups in total. The van der Waals surface area contributed by atoms with E-state index < -0.39 is 0 Å². The van der Waals surface area contributed by atoms with Gasteiger partial charge < -0.3 is 5.41 Å². The first-order chi connectivity index (χ1) is 6.66. The second-order valence-corrected chi connectivity index (χ2v) is 4.71. The molecule has 1 heterocycles. The standard InChI is InChI=1S/C12H24N2/c1-4-12(7-5-9-13)8-6-10-14(12)11(2)3/h9,11,13H,4-8,10H2,1-3H3. The number of nitrogens with zero attached hydrogens (tertiary/aromatic N) is 1. The topological polar surface area (TPSA) is 27.1 Å². The van der Waals surface area contributed by atoms with Crippen molar-refractivity contribution >= 4 is 6.21 Å². The van der Waals surface area contributed by atoms with Crippen molar-refractivity contribution in [2.24, 2.45) is 0 Å². The highest BCUT2D eigenvalue weighted by Gasteiger charge is 2.39. The molecule has 0 bridgehead atoms. The maximum atomic E-state index is 7.16. The highest BCUT2D eigenvalue weighted by molar-refractivity contribution is 5.52. The molecule has 1 saturated heterocycles. The van der Waals surface area contributed by atoms with Gasteiger partial charge in [-0.2, -0.15) is 0 Å². The maximum absolute atomic E-state index is 7.16. The molecule has 2 nitrogen and oxygen atoms in total. The summed E-state index contributed by atoms with van der Waals surface area (Å²) in [7, 11) is 0. The zero-order valence-electron chi connectivity index (χ0n) is 9.84. The SMILES string of the molecule is CCC1(CCC=N)CCCN1C(C)C. The number of nitrogens with one attached hydrogen (secondary N) is 1. The molecule has 1 fully saturated rings. The molecule has 0 spiro atoms. The van der Waals surface area contributed by atoms with Crippen molar-refractivity contribution in [1.29, 1.82) is 5.41 Å². The van der Waals surface area contributed by atoms with Gasteiger partial charge in [0, 0.05) is 11.6 Å². The largest absolute Gasteiger partial charge is 0.313 e. The van der Waals surface area contributed by atoms with Crippen molar-refractivity contribution in [3.05, 3.63) is 0 Å². The lowest BCUT2D eigenvalue weighted by molar-refractivity contribution is 0.0907. The summed E-state index contributed by atoms with van der Waals surface area (Å²) in [5.41, 5.74) is 0.408. The number of rotatable bonds is 5. The summed E-state index contributed by atoms with van der Waals surface area (Å²) in [6.07, 6.45) is 7.58. The summed E-state index contributed by atoms with van der Waals surface area (Å²) in [6.45, 7) is 8.13. The van der Waals surface area contributed by atoms with Crippen LogP contribution in [0.25, 0.3) is 0 Å². The van der Waals surface area contributed by atoms with Crippen LogP contribution >= 0.6 is 0 Å². The summed E-state index contributed by atoms with van der Waals surface area (Å²) in [5, 5.41) is 7.16. The van der Waals surface area contributed by atoms with Gasteiger partial charge in [0.05, 0.1) is 0 Å². The van der Waals surface area contributed by atoms with E-state index in [1.165, 1.54) is 32.2 Å². The monoisotopic (exact) mass is 196 g/mol. The second kappa shape index (κ2) is 4.92. The predicted molar refractivity (Wildman–Crippen MR) is 62.1 cm³/mol. The van der Waals surface area contributed by atoms with E-state index in [9.17, 15) is 0 Å². The molecular weight excluding hydrogens is 172 g/mol. The average molecular weight is 196 g/mol. The van der Waals surface area contributed by atoms with E-state index in [4.69, 9.17) is 5.41 Å². The van der Waals surface area contributed by atoms with Crippen molar-refractivity contribution in [2.45, 2.75) is 64.5 Å². The molecule has 0 amide bonds. The van der Waals surface area contributed by atoms with Gasteiger partial charge in [-0.15, -0.1) is 0 Å². The van der Waals surface area contributed by atoms with Crippen LogP contribution < -0.4 is 0 Å². The van der Waals surface area contributed by atoms with Crippen molar-refractivity contribution in [2.75, 3.05) is 6.54 Å². The van der Waals surface area contributed by atoms with Crippen LogP contribution in [0.1, 0.15) is 52.9 Å². The van der Waals surface area contributed by atoms with E-state index in [-0.39, 0.29) is 0 Å². The van der Waals surface area contributed by atoms with Gasteiger partial charge in [-0.25, -0.2) is 0 Å². The molecule has 1 rings (SSSR count). The van der Waals surface area contributed by atoms with Gasteiger partial charge in [-0.3, -0.25) is 4.90 Å². The molecule has 82 valence electrons.